The molecule has 0 spiro atoms. The third-order valence-corrected chi connectivity index (χ3v) is 5.21. The summed E-state index contributed by atoms with van der Waals surface area (Å²) in [6, 6.07) is 15.6. The predicted molar refractivity (Wildman–Crippen MR) is 106 cm³/mol. The van der Waals surface area contributed by atoms with Crippen molar-refractivity contribution in [3.05, 3.63) is 59.7 Å². The third-order valence-electron chi connectivity index (χ3n) is 3.81. The maximum Gasteiger partial charge on any atom is 0.252 e. The van der Waals surface area contributed by atoms with E-state index < -0.39 is 0 Å². The number of carbonyl (C=O) groups is 1. The maximum absolute atomic E-state index is 12.3. The molecule has 1 unspecified atom stereocenters. The van der Waals surface area contributed by atoms with E-state index in [1.54, 1.807) is 23.9 Å². The maximum atomic E-state index is 12.3. The van der Waals surface area contributed by atoms with Gasteiger partial charge in [-0.1, -0.05) is 42.0 Å². The van der Waals surface area contributed by atoms with Crippen LogP contribution in [-0.4, -0.2) is 28.9 Å². The Hall–Kier alpha value is -2.25. The number of amides is 1. The molecule has 1 saturated heterocycles. The molecule has 2 N–H and O–H groups in total. The molecule has 1 aliphatic rings. The minimum Gasteiger partial charge on any atom is -0.495 e. The van der Waals surface area contributed by atoms with Gasteiger partial charge in [-0.05, 0) is 36.8 Å². The average Bonchev–Trinajstić information content (AvgIpc) is 2.97. The number of benzene rings is 2. The van der Waals surface area contributed by atoms with E-state index in [2.05, 4.69) is 10.7 Å². The fourth-order valence-corrected chi connectivity index (χ4v) is 3.85. The van der Waals surface area contributed by atoms with Crippen molar-refractivity contribution in [1.29, 1.82) is 0 Å². The normalized spacial score (nSPS) is 16.6. The minimum absolute atomic E-state index is 0.000230. The van der Waals surface area contributed by atoms with Crippen molar-refractivity contribution in [1.82, 2.24) is 10.4 Å². The molecule has 3 rings (SSSR count). The number of methoxy groups -OCH3 is 1. The molecule has 0 saturated carbocycles. The summed E-state index contributed by atoms with van der Waals surface area (Å²) in [6.45, 7) is 2.04. The second kappa shape index (κ2) is 7.76. The topological polar surface area (TPSA) is 53.6 Å². The highest BCUT2D eigenvalue weighted by Crippen LogP contribution is 2.37. The van der Waals surface area contributed by atoms with Crippen molar-refractivity contribution in [3.63, 3.8) is 0 Å². The van der Waals surface area contributed by atoms with Crippen molar-refractivity contribution in [3.8, 4) is 5.75 Å². The lowest BCUT2D eigenvalue weighted by Gasteiger charge is -2.26. The predicted octanol–water partition coefficient (Wildman–Crippen LogP) is 3.48. The molecule has 0 aromatic heterocycles. The van der Waals surface area contributed by atoms with E-state index in [4.69, 9.17) is 17.0 Å². The zero-order valence-corrected chi connectivity index (χ0v) is 15.6. The summed E-state index contributed by atoms with van der Waals surface area (Å²) in [7, 11) is 1.60. The van der Waals surface area contributed by atoms with Gasteiger partial charge in [0.15, 0.2) is 5.11 Å². The molecule has 1 aliphatic heterocycles. The molecule has 1 fully saturated rings. The zero-order valence-electron chi connectivity index (χ0n) is 14.0. The van der Waals surface area contributed by atoms with Crippen LogP contribution in [-0.2, 0) is 4.79 Å². The molecular weight excluding hydrogens is 354 g/mol. The first-order chi connectivity index (χ1) is 12.1. The van der Waals surface area contributed by atoms with Crippen LogP contribution >= 0.6 is 24.0 Å². The van der Waals surface area contributed by atoms with Crippen LogP contribution in [0.5, 0.6) is 5.75 Å². The van der Waals surface area contributed by atoms with Gasteiger partial charge >= 0.3 is 0 Å². The van der Waals surface area contributed by atoms with Gasteiger partial charge in [-0.3, -0.25) is 10.2 Å². The number of nitrogens with zero attached hydrogens (tertiary/aromatic N) is 1. The summed E-state index contributed by atoms with van der Waals surface area (Å²) in [5, 5.41) is 4.90. The van der Waals surface area contributed by atoms with Crippen molar-refractivity contribution < 1.29 is 9.53 Å². The lowest BCUT2D eigenvalue weighted by Crippen LogP contribution is -2.46. The minimum atomic E-state index is -0.106. The van der Waals surface area contributed by atoms with Gasteiger partial charge < -0.3 is 10.1 Å². The summed E-state index contributed by atoms with van der Waals surface area (Å²) in [6.07, 6.45) is 0. The number of aryl methyl sites for hydroxylation is 1. The van der Waals surface area contributed by atoms with Gasteiger partial charge in [0.2, 0.25) is 0 Å². The number of hydrazine groups is 1. The van der Waals surface area contributed by atoms with Gasteiger partial charge in [0.05, 0.1) is 18.6 Å². The van der Waals surface area contributed by atoms with Crippen LogP contribution in [0.1, 0.15) is 16.5 Å². The van der Waals surface area contributed by atoms with Gasteiger partial charge in [0.1, 0.15) is 11.1 Å². The Balaban J connectivity index is 1.72. The summed E-state index contributed by atoms with van der Waals surface area (Å²) < 4.78 is 5.30. The molecule has 25 heavy (non-hydrogen) atoms. The number of rotatable bonds is 4. The first-order valence-corrected chi connectivity index (χ1v) is 9.25. The third kappa shape index (κ3) is 4.05. The van der Waals surface area contributed by atoms with E-state index in [0.29, 0.717) is 16.6 Å². The number of para-hydroxylation sites is 2. The van der Waals surface area contributed by atoms with Gasteiger partial charge in [0, 0.05) is 0 Å². The van der Waals surface area contributed by atoms with Gasteiger partial charge in [-0.2, -0.15) is 0 Å². The molecule has 5 nitrogen and oxygen atoms in total. The van der Waals surface area contributed by atoms with Gasteiger partial charge in [-0.25, -0.2) is 5.01 Å². The number of thiocarbonyl (C=S) groups is 1. The van der Waals surface area contributed by atoms with Crippen LogP contribution < -0.4 is 15.5 Å². The number of ether oxygens (including phenoxy) is 1. The van der Waals surface area contributed by atoms with Crippen molar-refractivity contribution in [2.45, 2.75) is 12.3 Å². The summed E-state index contributed by atoms with van der Waals surface area (Å²) in [5.41, 5.74) is 6.01. The van der Waals surface area contributed by atoms with E-state index in [-0.39, 0.29) is 11.3 Å². The molecule has 0 aliphatic carbocycles. The highest BCUT2D eigenvalue weighted by Gasteiger charge is 2.33. The second-order valence-electron chi connectivity index (χ2n) is 5.60. The molecule has 0 bridgehead atoms. The van der Waals surface area contributed by atoms with E-state index >= 15 is 0 Å². The highest BCUT2D eigenvalue weighted by atomic mass is 32.2. The number of hydrogen-bond acceptors (Lipinski definition) is 4. The molecule has 1 heterocycles. The summed E-state index contributed by atoms with van der Waals surface area (Å²) in [4.78, 5) is 12.3. The lowest BCUT2D eigenvalue weighted by atomic mass is 10.1. The molecule has 2 aromatic rings. The zero-order chi connectivity index (χ0) is 17.8. The van der Waals surface area contributed by atoms with Crippen LogP contribution in [0.3, 0.4) is 0 Å². The average molecular weight is 374 g/mol. The molecule has 7 heteroatoms. The standard InChI is InChI=1S/C18H19N3O2S2/c1-12-7-9-13(10-8-12)17-21(16(22)11-25-17)20-18(24)19-14-5-3-4-6-15(14)23-2/h3-10,17H,11H2,1-2H3,(H2,19,20,24). The Morgan fingerprint density at radius 3 is 2.68 bits per heavy atom. The van der Waals surface area contributed by atoms with Gasteiger partial charge in [0.25, 0.3) is 5.91 Å². The Morgan fingerprint density at radius 2 is 1.96 bits per heavy atom. The molecule has 2 aromatic carbocycles. The van der Waals surface area contributed by atoms with Crippen LogP contribution in [0.25, 0.3) is 0 Å². The number of carbonyl (C=O) groups excluding carboxylic acids is 1. The lowest BCUT2D eigenvalue weighted by molar-refractivity contribution is -0.129. The number of thioether (sulfide) groups is 1. The van der Waals surface area contributed by atoms with Gasteiger partial charge in [-0.15, -0.1) is 11.8 Å². The molecule has 1 amide bonds. The number of nitrogens with one attached hydrogen (secondary N) is 2. The highest BCUT2D eigenvalue weighted by molar-refractivity contribution is 8.00. The fraction of sp³-hybridized carbons (Fsp3) is 0.222. The van der Waals surface area contributed by atoms with E-state index in [9.17, 15) is 4.79 Å². The Morgan fingerprint density at radius 1 is 1.24 bits per heavy atom. The first-order valence-electron chi connectivity index (χ1n) is 7.79. The monoisotopic (exact) mass is 373 g/mol. The first kappa shape index (κ1) is 17.6. The SMILES string of the molecule is COc1ccccc1NC(=S)NN1C(=O)CSC1c1ccc(C)cc1. The van der Waals surface area contributed by atoms with Crippen LogP contribution in [0.2, 0.25) is 0 Å². The second-order valence-corrected chi connectivity index (χ2v) is 7.08. The summed E-state index contributed by atoms with van der Waals surface area (Å²) in [5.74, 6) is 1.10. The van der Waals surface area contributed by atoms with E-state index in [1.165, 1.54) is 5.56 Å². The smallest absolute Gasteiger partial charge is 0.252 e. The van der Waals surface area contributed by atoms with Crippen molar-refractivity contribution in [2.75, 3.05) is 18.2 Å². The molecule has 0 radical (unpaired) electrons. The number of anilines is 1. The van der Waals surface area contributed by atoms with E-state index in [0.717, 1.165) is 11.3 Å². The Bertz CT molecular complexity index is 780. The summed E-state index contributed by atoms with van der Waals surface area (Å²) >= 11 is 6.95. The Kier molecular flexibility index (Phi) is 5.45. The Labute approximate surface area is 156 Å². The molecule has 1 atom stereocenters. The largest absolute Gasteiger partial charge is 0.495 e. The van der Waals surface area contributed by atoms with Crippen LogP contribution in [0.15, 0.2) is 48.5 Å². The molecular formula is C18H19N3O2S2. The van der Waals surface area contributed by atoms with Crippen LogP contribution in [0.4, 0.5) is 5.69 Å². The van der Waals surface area contributed by atoms with Crippen molar-refractivity contribution in [2.24, 2.45) is 0 Å². The molecule has 130 valence electrons. The van der Waals surface area contributed by atoms with E-state index in [1.807, 2.05) is 55.5 Å². The quantitative estimate of drug-likeness (QED) is 0.801. The van der Waals surface area contributed by atoms with Crippen LogP contribution in [0, 0.1) is 6.92 Å². The number of hydrogen-bond donors (Lipinski definition) is 2. The fourth-order valence-electron chi connectivity index (χ4n) is 2.53. The van der Waals surface area contributed by atoms with Crippen molar-refractivity contribution >= 4 is 40.7 Å².